The van der Waals surface area contributed by atoms with E-state index in [-0.39, 0.29) is 6.42 Å². The van der Waals surface area contributed by atoms with E-state index in [1.807, 2.05) is 0 Å². The van der Waals surface area contributed by atoms with Crippen LogP contribution in [0, 0.1) is 0 Å². The number of fused-ring (bicyclic) bond motifs is 1. The standard InChI is InChI=1S/C18H27NO2/c1-14(2)19(13-7-12-18(20)21)17-11-6-4-9-15-8-3-5-10-16(15)17/h3,5,8,10,14,17H,4,6-7,9,11-13H2,1-2H3,(H,20,21). The van der Waals surface area contributed by atoms with Gasteiger partial charge < -0.3 is 5.11 Å². The molecule has 2 rings (SSSR count). The second kappa shape index (κ2) is 7.60. The van der Waals surface area contributed by atoms with Crippen LogP contribution in [0.4, 0.5) is 0 Å². The first-order valence-corrected chi connectivity index (χ1v) is 8.15. The molecule has 1 unspecified atom stereocenters. The Labute approximate surface area is 128 Å². The molecular weight excluding hydrogens is 262 g/mol. The van der Waals surface area contributed by atoms with Crippen LogP contribution in [0.1, 0.15) is 63.1 Å². The molecule has 0 aromatic heterocycles. The molecule has 0 amide bonds. The van der Waals surface area contributed by atoms with Crippen LogP contribution in [0.2, 0.25) is 0 Å². The molecule has 3 heteroatoms. The van der Waals surface area contributed by atoms with Gasteiger partial charge in [-0.2, -0.15) is 0 Å². The van der Waals surface area contributed by atoms with Gasteiger partial charge in [-0.25, -0.2) is 0 Å². The van der Waals surface area contributed by atoms with Crippen LogP contribution < -0.4 is 0 Å². The molecule has 3 nitrogen and oxygen atoms in total. The number of hydrogen-bond acceptors (Lipinski definition) is 2. The Balaban J connectivity index is 2.17. The molecule has 21 heavy (non-hydrogen) atoms. The van der Waals surface area contributed by atoms with Crippen LogP contribution in [0.15, 0.2) is 24.3 Å². The zero-order valence-corrected chi connectivity index (χ0v) is 13.2. The molecule has 0 saturated carbocycles. The van der Waals surface area contributed by atoms with Gasteiger partial charge in [0.2, 0.25) is 0 Å². The molecule has 1 atom stereocenters. The number of carboxylic acids is 1. The molecule has 116 valence electrons. The molecule has 0 fully saturated rings. The fourth-order valence-electron chi connectivity index (χ4n) is 3.43. The number of aliphatic carboxylic acids is 1. The van der Waals surface area contributed by atoms with Gasteiger partial charge in [0.25, 0.3) is 0 Å². The monoisotopic (exact) mass is 289 g/mol. The lowest BCUT2D eigenvalue weighted by Gasteiger charge is -2.35. The number of carboxylic acid groups (broad SMARTS) is 1. The van der Waals surface area contributed by atoms with Crippen molar-refractivity contribution in [2.24, 2.45) is 0 Å². The van der Waals surface area contributed by atoms with Gasteiger partial charge in [0.15, 0.2) is 0 Å². The molecule has 1 aromatic carbocycles. The summed E-state index contributed by atoms with van der Waals surface area (Å²) in [6.45, 7) is 5.30. The molecule has 1 aromatic rings. The fraction of sp³-hybridized carbons (Fsp3) is 0.611. The summed E-state index contributed by atoms with van der Waals surface area (Å²) in [5, 5.41) is 8.86. The molecule has 1 aliphatic carbocycles. The smallest absolute Gasteiger partial charge is 0.303 e. The lowest BCUT2D eigenvalue weighted by molar-refractivity contribution is -0.137. The largest absolute Gasteiger partial charge is 0.481 e. The molecule has 1 aliphatic rings. The van der Waals surface area contributed by atoms with Gasteiger partial charge >= 0.3 is 5.97 Å². The number of rotatable bonds is 6. The number of hydrogen-bond donors (Lipinski definition) is 1. The minimum atomic E-state index is -0.694. The predicted octanol–water partition coefficient (Wildman–Crippen LogP) is 4.03. The van der Waals surface area contributed by atoms with E-state index in [2.05, 4.69) is 43.0 Å². The lowest BCUT2D eigenvalue weighted by Crippen LogP contribution is -2.36. The van der Waals surface area contributed by atoms with Crippen LogP contribution in [-0.2, 0) is 11.2 Å². The average Bonchev–Trinajstić information content (AvgIpc) is 2.65. The molecule has 0 radical (unpaired) electrons. The molecule has 1 N–H and O–H groups in total. The van der Waals surface area contributed by atoms with E-state index in [4.69, 9.17) is 5.11 Å². The quantitative estimate of drug-likeness (QED) is 0.804. The van der Waals surface area contributed by atoms with Crippen molar-refractivity contribution in [3.63, 3.8) is 0 Å². The van der Waals surface area contributed by atoms with Crippen molar-refractivity contribution in [3.05, 3.63) is 35.4 Å². The highest BCUT2D eigenvalue weighted by Crippen LogP contribution is 2.34. The number of nitrogens with zero attached hydrogens (tertiary/aromatic N) is 1. The summed E-state index contributed by atoms with van der Waals surface area (Å²) in [5.74, 6) is -0.694. The van der Waals surface area contributed by atoms with Crippen molar-refractivity contribution in [2.75, 3.05) is 6.54 Å². The SMILES string of the molecule is CC(C)N(CCCC(=O)O)C1CCCCc2ccccc21. The predicted molar refractivity (Wildman–Crippen MR) is 85.4 cm³/mol. The average molecular weight is 289 g/mol. The Morgan fingerprint density at radius 2 is 2.10 bits per heavy atom. The van der Waals surface area contributed by atoms with E-state index in [1.54, 1.807) is 0 Å². The zero-order valence-electron chi connectivity index (χ0n) is 13.2. The van der Waals surface area contributed by atoms with Gasteiger partial charge in [-0.15, -0.1) is 0 Å². The van der Waals surface area contributed by atoms with E-state index >= 15 is 0 Å². The first kappa shape index (κ1) is 16.0. The summed E-state index contributed by atoms with van der Waals surface area (Å²) in [4.78, 5) is 13.3. The molecule has 0 saturated heterocycles. The van der Waals surface area contributed by atoms with Crippen molar-refractivity contribution < 1.29 is 9.90 Å². The first-order valence-electron chi connectivity index (χ1n) is 8.15. The van der Waals surface area contributed by atoms with Crippen molar-refractivity contribution in [2.45, 2.75) is 64.5 Å². The van der Waals surface area contributed by atoms with Gasteiger partial charge in [0, 0.05) is 18.5 Å². The Morgan fingerprint density at radius 1 is 1.33 bits per heavy atom. The molecular formula is C18H27NO2. The summed E-state index contributed by atoms with van der Waals surface area (Å²) in [7, 11) is 0. The Kier molecular flexibility index (Phi) is 5.80. The van der Waals surface area contributed by atoms with E-state index in [1.165, 1.54) is 36.8 Å². The van der Waals surface area contributed by atoms with Gasteiger partial charge in [-0.3, -0.25) is 9.69 Å². The first-order chi connectivity index (χ1) is 10.1. The molecule has 0 spiro atoms. The third-order valence-electron chi connectivity index (χ3n) is 4.46. The minimum absolute atomic E-state index is 0.261. The van der Waals surface area contributed by atoms with Gasteiger partial charge in [0.05, 0.1) is 0 Å². The zero-order chi connectivity index (χ0) is 15.2. The van der Waals surface area contributed by atoms with E-state index in [9.17, 15) is 4.79 Å². The fourth-order valence-corrected chi connectivity index (χ4v) is 3.43. The van der Waals surface area contributed by atoms with E-state index in [0.717, 1.165) is 13.0 Å². The Bertz CT molecular complexity index is 470. The summed E-state index contributed by atoms with van der Waals surface area (Å²) in [6.07, 6.45) is 5.86. The maximum Gasteiger partial charge on any atom is 0.303 e. The lowest BCUT2D eigenvalue weighted by atomic mass is 9.96. The third kappa shape index (κ3) is 4.31. The number of benzene rings is 1. The summed E-state index contributed by atoms with van der Waals surface area (Å²) in [5.41, 5.74) is 2.93. The minimum Gasteiger partial charge on any atom is -0.481 e. The summed E-state index contributed by atoms with van der Waals surface area (Å²) < 4.78 is 0. The van der Waals surface area contributed by atoms with Gasteiger partial charge in [-0.05, 0) is 57.2 Å². The van der Waals surface area contributed by atoms with Crippen molar-refractivity contribution in [1.82, 2.24) is 4.90 Å². The highest BCUT2D eigenvalue weighted by Gasteiger charge is 2.26. The van der Waals surface area contributed by atoms with Gasteiger partial charge in [0.1, 0.15) is 0 Å². The maximum atomic E-state index is 10.8. The Morgan fingerprint density at radius 3 is 2.81 bits per heavy atom. The van der Waals surface area contributed by atoms with Gasteiger partial charge in [-0.1, -0.05) is 30.7 Å². The second-order valence-electron chi connectivity index (χ2n) is 6.29. The van der Waals surface area contributed by atoms with Crippen LogP contribution in [0.5, 0.6) is 0 Å². The van der Waals surface area contributed by atoms with Crippen LogP contribution >= 0.6 is 0 Å². The van der Waals surface area contributed by atoms with Crippen LogP contribution in [0.25, 0.3) is 0 Å². The molecule has 0 aliphatic heterocycles. The van der Waals surface area contributed by atoms with E-state index in [0.29, 0.717) is 12.1 Å². The second-order valence-corrected chi connectivity index (χ2v) is 6.29. The Hall–Kier alpha value is -1.35. The third-order valence-corrected chi connectivity index (χ3v) is 4.46. The summed E-state index contributed by atoms with van der Waals surface area (Å²) >= 11 is 0. The summed E-state index contributed by atoms with van der Waals surface area (Å²) in [6, 6.07) is 9.66. The molecule has 0 heterocycles. The van der Waals surface area contributed by atoms with Crippen LogP contribution in [-0.4, -0.2) is 28.6 Å². The normalized spacial score (nSPS) is 18.6. The highest BCUT2D eigenvalue weighted by molar-refractivity contribution is 5.66. The highest BCUT2D eigenvalue weighted by atomic mass is 16.4. The van der Waals surface area contributed by atoms with Crippen molar-refractivity contribution in [3.8, 4) is 0 Å². The maximum absolute atomic E-state index is 10.8. The number of aryl methyl sites for hydroxylation is 1. The van der Waals surface area contributed by atoms with Crippen molar-refractivity contribution in [1.29, 1.82) is 0 Å². The number of carbonyl (C=O) groups is 1. The topological polar surface area (TPSA) is 40.5 Å². The van der Waals surface area contributed by atoms with Crippen molar-refractivity contribution >= 4 is 5.97 Å². The van der Waals surface area contributed by atoms with E-state index < -0.39 is 5.97 Å². The molecule has 0 bridgehead atoms. The van der Waals surface area contributed by atoms with Crippen LogP contribution in [0.3, 0.4) is 0 Å².